The van der Waals surface area contributed by atoms with E-state index in [1.807, 2.05) is 12.1 Å². The molecule has 104 valence electrons. The highest BCUT2D eigenvalue weighted by Crippen LogP contribution is 2.22. The molecule has 5 heteroatoms. The number of aromatic amines is 1. The van der Waals surface area contributed by atoms with E-state index in [1.165, 1.54) is 0 Å². The maximum atomic E-state index is 11.8. The van der Waals surface area contributed by atoms with Crippen molar-refractivity contribution in [2.75, 3.05) is 0 Å². The first kappa shape index (κ1) is 13.1. The van der Waals surface area contributed by atoms with Gasteiger partial charge in [-0.05, 0) is 42.3 Å². The van der Waals surface area contributed by atoms with Gasteiger partial charge in [0.15, 0.2) is 0 Å². The second-order valence-corrected chi connectivity index (χ2v) is 4.77. The molecular weight excluding hydrogens is 268 g/mol. The normalized spacial score (nSPS) is 10.7. The number of aromatic carboxylic acids is 1. The first-order valence-electron chi connectivity index (χ1n) is 6.39. The topological polar surface area (TPSA) is 83.0 Å². The van der Waals surface area contributed by atoms with E-state index in [0.717, 1.165) is 11.1 Å². The predicted molar refractivity (Wildman–Crippen MR) is 79.5 cm³/mol. The highest BCUT2D eigenvalue weighted by Gasteiger charge is 2.06. The molecule has 0 amide bonds. The second kappa shape index (κ2) is 4.86. The van der Waals surface area contributed by atoms with Crippen molar-refractivity contribution in [3.8, 4) is 11.1 Å². The Morgan fingerprint density at radius 1 is 1.10 bits per heavy atom. The van der Waals surface area contributed by atoms with Crippen LogP contribution in [0.25, 0.3) is 22.0 Å². The SMILES string of the molecule is Cc1nc2cc(-c3ccc(C(=O)O)cc3)ccc2c(=O)[nH]1. The van der Waals surface area contributed by atoms with Gasteiger partial charge in [0.2, 0.25) is 0 Å². The Hall–Kier alpha value is -2.95. The molecule has 0 aliphatic carbocycles. The van der Waals surface area contributed by atoms with Gasteiger partial charge in [-0.3, -0.25) is 4.79 Å². The molecule has 0 spiro atoms. The minimum atomic E-state index is -0.955. The van der Waals surface area contributed by atoms with Crippen LogP contribution in [0, 0.1) is 6.92 Å². The van der Waals surface area contributed by atoms with Crippen molar-refractivity contribution < 1.29 is 9.90 Å². The van der Waals surface area contributed by atoms with Crippen molar-refractivity contribution in [1.29, 1.82) is 0 Å². The van der Waals surface area contributed by atoms with Gasteiger partial charge in [0.25, 0.3) is 5.56 Å². The number of benzene rings is 2. The summed E-state index contributed by atoms with van der Waals surface area (Å²) >= 11 is 0. The molecule has 0 aliphatic rings. The third-order valence-corrected chi connectivity index (χ3v) is 3.29. The average Bonchev–Trinajstić information content (AvgIpc) is 2.46. The van der Waals surface area contributed by atoms with Crippen molar-refractivity contribution in [2.24, 2.45) is 0 Å². The summed E-state index contributed by atoms with van der Waals surface area (Å²) < 4.78 is 0. The zero-order valence-corrected chi connectivity index (χ0v) is 11.3. The lowest BCUT2D eigenvalue weighted by atomic mass is 10.0. The molecule has 0 saturated carbocycles. The summed E-state index contributed by atoms with van der Waals surface area (Å²) in [6, 6.07) is 12.0. The monoisotopic (exact) mass is 280 g/mol. The standard InChI is InChI=1S/C16H12N2O3/c1-9-17-14-8-12(6-7-13(14)15(19)18-9)10-2-4-11(5-3-10)16(20)21/h2-8H,1H3,(H,20,21)(H,17,18,19). The molecule has 5 nitrogen and oxygen atoms in total. The number of rotatable bonds is 2. The molecule has 2 aromatic carbocycles. The number of carbonyl (C=O) groups is 1. The van der Waals surface area contributed by atoms with Crippen LogP contribution in [0.4, 0.5) is 0 Å². The quantitative estimate of drug-likeness (QED) is 0.755. The van der Waals surface area contributed by atoms with Gasteiger partial charge in [-0.25, -0.2) is 9.78 Å². The Balaban J connectivity index is 2.12. The lowest BCUT2D eigenvalue weighted by Crippen LogP contribution is -2.09. The fourth-order valence-electron chi connectivity index (χ4n) is 2.24. The third kappa shape index (κ3) is 2.41. The fraction of sp³-hybridized carbons (Fsp3) is 0.0625. The van der Waals surface area contributed by atoms with E-state index in [4.69, 9.17) is 5.11 Å². The van der Waals surface area contributed by atoms with E-state index in [-0.39, 0.29) is 11.1 Å². The summed E-state index contributed by atoms with van der Waals surface area (Å²) in [5.41, 5.74) is 2.46. The molecule has 3 rings (SSSR count). The smallest absolute Gasteiger partial charge is 0.335 e. The molecule has 0 fully saturated rings. The van der Waals surface area contributed by atoms with Gasteiger partial charge >= 0.3 is 5.97 Å². The van der Waals surface area contributed by atoms with Crippen LogP contribution in [0.1, 0.15) is 16.2 Å². The number of hydrogen-bond acceptors (Lipinski definition) is 3. The average molecular weight is 280 g/mol. The van der Waals surface area contributed by atoms with Crippen LogP contribution >= 0.6 is 0 Å². The zero-order valence-electron chi connectivity index (χ0n) is 11.3. The lowest BCUT2D eigenvalue weighted by Gasteiger charge is -2.04. The number of carboxylic acid groups (broad SMARTS) is 1. The number of nitrogens with one attached hydrogen (secondary N) is 1. The predicted octanol–water partition coefficient (Wildman–Crippen LogP) is 2.60. The molecule has 3 aromatic rings. The lowest BCUT2D eigenvalue weighted by molar-refractivity contribution is 0.0697. The summed E-state index contributed by atoms with van der Waals surface area (Å²) in [6.07, 6.45) is 0. The number of H-pyrrole nitrogens is 1. The minimum Gasteiger partial charge on any atom is -0.478 e. The van der Waals surface area contributed by atoms with Crippen LogP contribution in [-0.4, -0.2) is 21.0 Å². The van der Waals surface area contributed by atoms with Gasteiger partial charge < -0.3 is 10.1 Å². The van der Waals surface area contributed by atoms with Crippen LogP contribution < -0.4 is 5.56 Å². The minimum absolute atomic E-state index is 0.162. The first-order valence-corrected chi connectivity index (χ1v) is 6.39. The van der Waals surface area contributed by atoms with Crippen molar-refractivity contribution in [3.05, 3.63) is 64.2 Å². The number of hydrogen-bond donors (Lipinski definition) is 2. The van der Waals surface area contributed by atoms with E-state index in [0.29, 0.717) is 16.7 Å². The van der Waals surface area contributed by atoms with E-state index in [1.54, 1.807) is 37.3 Å². The van der Waals surface area contributed by atoms with Gasteiger partial charge in [0.05, 0.1) is 16.5 Å². The number of aromatic nitrogens is 2. The molecule has 2 N–H and O–H groups in total. The molecular formula is C16H12N2O3. The number of carboxylic acids is 1. The molecule has 0 bridgehead atoms. The summed E-state index contributed by atoms with van der Waals surface area (Å²) in [5, 5.41) is 9.43. The molecule has 0 unspecified atom stereocenters. The van der Waals surface area contributed by atoms with Gasteiger partial charge in [-0.2, -0.15) is 0 Å². The molecule has 21 heavy (non-hydrogen) atoms. The van der Waals surface area contributed by atoms with Gasteiger partial charge in [-0.1, -0.05) is 18.2 Å². The molecule has 1 heterocycles. The Morgan fingerprint density at radius 2 is 1.76 bits per heavy atom. The van der Waals surface area contributed by atoms with Crippen molar-refractivity contribution in [2.45, 2.75) is 6.92 Å². The fourth-order valence-corrected chi connectivity index (χ4v) is 2.24. The summed E-state index contributed by atoms with van der Waals surface area (Å²) in [7, 11) is 0. The molecule has 1 aromatic heterocycles. The molecule has 0 radical (unpaired) electrons. The zero-order chi connectivity index (χ0) is 15.0. The molecule has 0 aliphatic heterocycles. The molecule has 0 saturated heterocycles. The van der Waals surface area contributed by atoms with Crippen molar-refractivity contribution in [3.63, 3.8) is 0 Å². The van der Waals surface area contributed by atoms with Crippen LogP contribution in [0.5, 0.6) is 0 Å². The summed E-state index contributed by atoms with van der Waals surface area (Å²) in [4.78, 5) is 29.6. The summed E-state index contributed by atoms with van der Waals surface area (Å²) in [5.74, 6) is -0.394. The number of aryl methyl sites for hydroxylation is 1. The van der Waals surface area contributed by atoms with E-state index in [2.05, 4.69) is 9.97 Å². The second-order valence-electron chi connectivity index (χ2n) is 4.77. The van der Waals surface area contributed by atoms with E-state index in [9.17, 15) is 9.59 Å². The van der Waals surface area contributed by atoms with E-state index >= 15 is 0 Å². The number of fused-ring (bicyclic) bond motifs is 1. The van der Waals surface area contributed by atoms with Crippen LogP contribution in [-0.2, 0) is 0 Å². The van der Waals surface area contributed by atoms with Crippen LogP contribution in [0.3, 0.4) is 0 Å². The Morgan fingerprint density at radius 3 is 2.43 bits per heavy atom. The van der Waals surface area contributed by atoms with Crippen LogP contribution in [0.2, 0.25) is 0 Å². The third-order valence-electron chi connectivity index (χ3n) is 3.29. The maximum Gasteiger partial charge on any atom is 0.335 e. The highest BCUT2D eigenvalue weighted by atomic mass is 16.4. The van der Waals surface area contributed by atoms with Crippen molar-refractivity contribution >= 4 is 16.9 Å². The van der Waals surface area contributed by atoms with Crippen molar-refractivity contribution in [1.82, 2.24) is 9.97 Å². The Bertz CT molecular complexity index is 896. The van der Waals surface area contributed by atoms with Gasteiger partial charge in [-0.15, -0.1) is 0 Å². The van der Waals surface area contributed by atoms with Gasteiger partial charge in [0, 0.05) is 0 Å². The maximum absolute atomic E-state index is 11.8. The van der Waals surface area contributed by atoms with Gasteiger partial charge in [0.1, 0.15) is 5.82 Å². The summed E-state index contributed by atoms with van der Waals surface area (Å²) in [6.45, 7) is 1.73. The Labute approximate surface area is 119 Å². The number of nitrogens with zero attached hydrogens (tertiary/aromatic N) is 1. The first-order chi connectivity index (χ1) is 10.0. The Kier molecular flexibility index (Phi) is 3.02. The highest BCUT2D eigenvalue weighted by molar-refractivity contribution is 5.89. The van der Waals surface area contributed by atoms with E-state index < -0.39 is 5.97 Å². The van der Waals surface area contributed by atoms with Crippen LogP contribution in [0.15, 0.2) is 47.3 Å². The molecule has 0 atom stereocenters. The largest absolute Gasteiger partial charge is 0.478 e.